The van der Waals surface area contributed by atoms with Crippen LogP contribution in [0.15, 0.2) is 36.5 Å². The quantitative estimate of drug-likeness (QED) is 0.700. The molecular formula is C16H11F4N3O. The molecule has 0 radical (unpaired) electrons. The number of hydrogen-bond acceptors (Lipinski definition) is 2. The molecule has 0 fully saturated rings. The minimum absolute atomic E-state index is 0.0110. The Morgan fingerprint density at radius 1 is 1.17 bits per heavy atom. The zero-order valence-electron chi connectivity index (χ0n) is 12.3. The van der Waals surface area contributed by atoms with Crippen LogP contribution in [0.1, 0.15) is 15.9 Å². The second-order valence-corrected chi connectivity index (χ2v) is 5.13. The number of carbonyl (C=O) groups is 1. The Kier molecular flexibility index (Phi) is 3.75. The maximum Gasteiger partial charge on any atom is 0.416 e. The standard InChI is InChI=1S/C16H11F4N3O/c1-21-15(24)8-2-3-13(17)11(4-8)10-5-9(16(18,19)20)6-14-12(10)7-22-23-14/h2-7H,1H3,(H,21,24)(H,22,23). The molecule has 0 unspecified atom stereocenters. The normalized spacial score (nSPS) is 11.7. The molecule has 0 saturated carbocycles. The van der Waals surface area contributed by atoms with Crippen molar-refractivity contribution in [2.24, 2.45) is 0 Å². The van der Waals surface area contributed by atoms with Crippen molar-refractivity contribution in [1.29, 1.82) is 0 Å². The lowest BCUT2D eigenvalue weighted by Crippen LogP contribution is -2.17. The van der Waals surface area contributed by atoms with Crippen LogP contribution in [0.5, 0.6) is 0 Å². The Balaban J connectivity index is 2.29. The van der Waals surface area contributed by atoms with Crippen LogP contribution >= 0.6 is 0 Å². The Hall–Kier alpha value is -2.90. The van der Waals surface area contributed by atoms with E-state index < -0.39 is 23.5 Å². The van der Waals surface area contributed by atoms with Crippen molar-refractivity contribution in [2.75, 3.05) is 7.05 Å². The molecule has 0 atom stereocenters. The van der Waals surface area contributed by atoms with Crippen molar-refractivity contribution in [2.45, 2.75) is 6.18 Å². The molecule has 0 spiro atoms. The molecule has 24 heavy (non-hydrogen) atoms. The molecule has 1 amide bonds. The highest BCUT2D eigenvalue weighted by molar-refractivity contribution is 5.99. The Labute approximate surface area is 133 Å². The third-order valence-corrected chi connectivity index (χ3v) is 3.63. The molecule has 1 aromatic heterocycles. The van der Waals surface area contributed by atoms with Crippen LogP contribution in [-0.2, 0) is 6.18 Å². The van der Waals surface area contributed by atoms with E-state index in [9.17, 15) is 22.4 Å². The minimum atomic E-state index is -4.59. The number of carbonyl (C=O) groups excluding carboxylic acids is 1. The zero-order chi connectivity index (χ0) is 17.5. The van der Waals surface area contributed by atoms with E-state index in [0.717, 1.165) is 18.2 Å². The molecule has 4 nitrogen and oxygen atoms in total. The van der Waals surface area contributed by atoms with Crippen molar-refractivity contribution in [1.82, 2.24) is 15.5 Å². The summed E-state index contributed by atoms with van der Waals surface area (Å²) in [6.45, 7) is 0. The van der Waals surface area contributed by atoms with Crippen molar-refractivity contribution in [3.05, 3.63) is 53.5 Å². The summed E-state index contributed by atoms with van der Waals surface area (Å²) < 4.78 is 53.5. The van der Waals surface area contributed by atoms with Gasteiger partial charge in [0.2, 0.25) is 0 Å². The Morgan fingerprint density at radius 2 is 1.92 bits per heavy atom. The predicted molar refractivity (Wildman–Crippen MR) is 79.9 cm³/mol. The lowest BCUT2D eigenvalue weighted by Gasteiger charge is -2.12. The number of hydrogen-bond donors (Lipinski definition) is 2. The summed E-state index contributed by atoms with van der Waals surface area (Å²) in [5, 5.41) is 8.90. The first-order valence-corrected chi connectivity index (χ1v) is 6.87. The Bertz CT molecular complexity index is 931. The summed E-state index contributed by atoms with van der Waals surface area (Å²) in [5.41, 5.74) is -0.753. The van der Waals surface area contributed by atoms with Gasteiger partial charge in [-0.15, -0.1) is 0 Å². The second kappa shape index (κ2) is 5.63. The molecular weight excluding hydrogens is 326 g/mol. The van der Waals surface area contributed by atoms with Gasteiger partial charge in [-0.05, 0) is 35.9 Å². The zero-order valence-corrected chi connectivity index (χ0v) is 12.3. The van der Waals surface area contributed by atoms with E-state index >= 15 is 0 Å². The number of fused-ring (bicyclic) bond motifs is 1. The van der Waals surface area contributed by atoms with Gasteiger partial charge >= 0.3 is 6.18 Å². The van der Waals surface area contributed by atoms with Crippen molar-refractivity contribution < 1.29 is 22.4 Å². The number of aromatic nitrogens is 2. The highest BCUT2D eigenvalue weighted by atomic mass is 19.4. The summed E-state index contributed by atoms with van der Waals surface area (Å²) in [4.78, 5) is 11.7. The van der Waals surface area contributed by atoms with E-state index in [2.05, 4.69) is 15.5 Å². The lowest BCUT2D eigenvalue weighted by atomic mass is 9.96. The highest BCUT2D eigenvalue weighted by Gasteiger charge is 2.32. The molecule has 3 aromatic rings. The van der Waals surface area contributed by atoms with Crippen LogP contribution in [0.3, 0.4) is 0 Å². The first kappa shape index (κ1) is 16.0. The molecule has 8 heteroatoms. The number of alkyl halides is 3. The topological polar surface area (TPSA) is 57.8 Å². The van der Waals surface area contributed by atoms with Crippen LogP contribution in [0, 0.1) is 5.82 Å². The average molecular weight is 337 g/mol. The van der Waals surface area contributed by atoms with Crippen molar-refractivity contribution in [3.63, 3.8) is 0 Å². The van der Waals surface area contributed by atoms with Gasteiger partial charge in [0.1, 0.15) is 5.82 Å². The maximum atomic E-state index is 14.2. The van der Waals surface area contributed by atoms with Crippen LogP contribution < -0.4 is 5.32 Å². The molecule has 0 saturated heterocycles. The summed E-state index contributed by atoms with van der Waals surface area (Å²) in [5.74, 6) is -1.20. The van der Waals surface area contributed by atoms with Gasteiger partial charge in [-0.1, -0.05) is 0 Å². The third-order valence-electron chi connectivity index (χ3n) is 3.63. The fourth-order valence-electron chi connectivity index (χ4n) is 2.45. The van der Waals surface area contributed by atoms with Gasteiger partial charge < -0.3 is 5.32 Å². The molecule has 124 valence electrons. The molecule has 2 aromatic carbocycles. The molecule has 2 N–H and O–H groups in total. The lowest BCUT2D eigenvalue weighted by molar-refractivity contribution is -0.137. The minimum Gasteiger partial charge on any atom is -0.355 e. The first-order valence-electron chi connectivity index (χ1n) is 6.87. The van der Waals surface area contributed by atoms with E-state index in [-0.39, 0.29) is 22.2 Å². The molecule has 1 heterocycles. The fraction of sp³-hybridized carbons (Fsp3) is 0.125. The number of nitrogens with zero attached hydrogens (tertiary/aromatic N) is 1. The van der Waals surface area contributed by atoms with Gasteiger partial charge in [-0.2, -0.15) is 18.3 Å². The molecule has 0 aliphatic heterocycles. The van der Waals surface area contributed by atoms with Crippen LogP contribution in [0.2, 0.25) is 0 Å². The van der Waals surface area contributed by atoms with Crippen LogP contribution in [-0.4, -0.2) is 23.2 Å². The highest BCUT2D eigenvalue weighted by Crippen LogP contribution is 2.37. The van der Waals surface area contributed by atoms with E-state index in [1.165, 1.54) is 25.4 Å². The molecule has 0 aliphatic carbocycles. The van der Waals surface area contributed by atoms with Crippen molar-refractivity contribution >= 4 is 16.8 Å². The summed E-state index contributed by atoms with van der Waals surface area (Å²) in [6.07, 6.45) is -3.28. The summed E-state index contributed by atoms with van der Waals surface area (Å²) >= 11 is 0. The van der Waals surface area contributed by atoms with Crippen LogP contribution in [0.25, 0.3) is 22.0 Å². The monoisotopic (exact) mass is 337 g/mol. The third kappa shape index (κ3) is 2.70. The first-order chi connectivity index (χ1) is 11.3. The molecule has 0 bridgehead atoms. The summed E-state index contributed by atoms with van der Waals surface area (Å²) in [7, 11) is 1.41. The van der Waals surface area contributed by atoms with E-state index in [0.29, 0.717) is 5.39 Å². The molecule has 3 rings (SSSR count). The van der Waals surface area contributed by atoms with Gasteiger partial charge in [-0.25, -0.2) is 4.39 Å². The average Bonchev–Trinajstić information content (AvgIpc) is 3.01. The van der Waals surface area contributed by atoms with Gasteiger partial charge in [0, 0.05) is 23.6 Å². The second-order valence-electron chi connectivity index (χ2n) is 5.13. The predicted octanol–water partition coefficient (Wildman–Crippen LogP) is 3.75. The van der Waals surface area contributed by atoms with Gasteiger partial charge in [-0.3, -0.25) is 9.89 Å². The van der Waals surface area contributed by atoms with E-state index in [1.807, 2.05) is 0 Å². The van der Waals surface area contributed by atoms with Crippen molar-refractivity contribution in [3.8, 4) is 11.1 Å². The van der Waals surface area contributed by atoms with Gasteiger partial charge in [0.25, 0.3) is 5.91 Å². The maximum absolute atomic E-state index is 14.2. The number of benzene rings is 2. The van der Waals surface area contributed by atoms with E-state index in [1.54, 1.807) is 0 Å². The Morgan fingerprint density at radius 3 is 2.58 bits per heavy atom. The molecule has 0 aliphatic rings. The number of rotatable bonds is 2. The fourth-order valence-corrected chi connectivity index (χ4v) is 2.45. The largest absolute Gasteiger partial charge is 0.416 e. The van der Waals surface area contributed by atoms with E-state index in [4.69, 9.17) is 0 Å². The summed E-state index contributed by atoms with van der Waals surface area (Å²) in [6, 6.07) is 5.29. The smallest absolute Gasteiger partial charge is 0.355 e. The SMILES string of the molecule is CNC(=O)c1ccc(F)c(-c2cc(C(F)(F)F)cc3[nH]ncc23)c1. The van der Waals surface area contributed by atoms with Gasteiger partial charge in [0.05, 0.1) is 17.3 Å². The van der Waals surface area contributed by atoms with Crippen LogP contribution in [0.4, 0.5) is 17.6 Å². The number of halogens is 4. The van der Waals surface area contributed by atoms with Gasteiger partial charge in [0.15, 0.2) is 0 Å². The number of nitrogens with one attached hydrogen (secondary N) is 2. The number of aromatic amines is 1. The number of amides is 1. The number of H-pyrrole nitrogens is 1.